The summed E-state index contributed by atoms with van der Waals surface area (Å²) in [6, 6.07) is 7.71. The third-order valence-electron chi connectivity index (χ3n) is 3.68. The van der Waals surface area contributed by atoms with E-state index in [9.17, 15) is 9.90 Å². The first-order valence-corrected chi connectivity index (χ1v) is 7.48. The van der Waals surface area contributed by atoms with Crippen molar-refractivity contribution in [2.75, 3.05) is 19.7 Å². The Labute approximate surface area is 124 Å². The Hall–Kier alpha value is -1.26. The second kappa shape index (κ2) is 7.50. The first-order valence-electron chi connectivity index (χ1n) is 7.10. The maximum Gasteiger partial charge on any atom is 0.317 e. The molecule has 0 radical (unpaired) electrons. The molecule has 0 saturated carbocycles. The van der Waals surface area contributed by atoms with Crippen LogP contribution >= 0.6 is 11.6 Å². The summed E-state index contributed by atoms with van der Waals surface area (Å²) in [4.78, 5) is 13.7. The average molecular weight is 297 g/mol. The van der Waals surface area contributed by atoms with E-state index < -0.39 is 0 Å². The highest BCUT2D eigenvalue weighted by atomic mass is 35.5. The molecule has 20 heavy (non-hydrogen) atoms. The van der Waals surface area contributed by atoms with Gasteiger partial charge in [0.1, 0.15) is 0 Å². The lowest BCUT2D eigenvalue weighted by molar-refractivity contribution is 0.157. The van der Waals surface area contributed by atoms with Crippen LogP contribution in [0.25, 0.3) is 0 Å². The SMILES string of the molecule is O=C(NCCCc1ccc(Cl)cc1)N1CCC[C@H]1CO. The molecule has 0 bridgehead atoms. The van der Waals surface area contributed by atoms with Crippen LogP contribution in [0.5, 0.6) is 0 Å². The van der Waals surface area contributed by atoms with E-state index in [1.807, 2.05) is 24.3 Å². The zero-order valence-electron chi connectivity index (χ0n) is 11.5. The molecular weight excluding hydrogens is 276 g/mol. The van der Waals surface area contributed by atoms with Gasteiger partial charge < -0.3 is 15.3 Å². The van der Waals surface area contributed by atoms with Crippen LogP contribution in [0, 0.1) is 0 Å². The average Bonchev–Trinajstić information content (AvgIpc) is 2.94. The van der Waals surface area contributed by atoms with Crippen LogP contribution in [-0.2, 0) is 6.42 Å². The van der Waals surface area contributed by atoms with E-state index in [4.69, 9.17) is 11.6 Å². The molecule has 2 N–H and O–H groups in total. The number of carbonyl (C=O) groups is 1. The molecule has 1 aliphatic rings. The van der Waals surface area contributed by atoms with E-state index in [2.05, 4.69) is 5.32 Å². The Kier molecular flexibility index (Phi) is 5.68. The van der Waals surface area contributed by atoms with Gasteiger partial charge in [-0.2, -0.15) is 0 Å². The lowest BCUT2D eigenvalue weighted by atomic mass is 10.1. The highest BCUT2D eigenvalue weighted by Crippen LogP contribution is 2.16. The number of halogens is 1. The number of benzene rings is 1. The van der Waals surface area contributed by atoms with E-state index in [1.54, 1.807) is 4.90 Å². The largest absolute Gasteiger partial charge is 0.394 e. The Morgan fingerprint density at radius 2 is 2.15 bits per heavy atom. The molecule has 0 aliphatic carbocycles. The van der Waals surface area contributed by atoms with Gasteiger partial charge in [0.15, 0.2) is 0 Å². The van der Waals surface area contributed by atoms with Gasteiger partial charge in [0.2, 0.25) is 0 Å². The van der Waals surface area contributed by atoms with Crippen molar-refractivity contribution in [3.63, 3.8) is 0 Å². The van der Waals surface area contributed by atoms with Gasteiger partial charge in [0.05, 0.1) is 12.6 Å². The van der Waals surface area contributed by atoms with Crippen LogP contribution in [0.15, 0.2) is 24.3 Å². The first kappa shape index (κ1) is 15.1. The van der Waals surface area contributed by atoms with E-state index in [1.165, 1.54) is 5.56 Å². The predicted molar refractivity (Wildman–Crippen MR) is 80.0 cm³/mol. The standard InChI is InChI=1S/C15H21ClN2O2/c16-13-7-5-12(6-8-13)3-1-9-17-15(20)18-10-2-4-14(18)11-19/h5-8,14,19H,1-4,9-11H2,(H,17,20)/t14-/m0/s1. The molecule has 5 heteroatoms. The first-order chi connectivity index (χ1) is 9.70. The second-order valence-electron chi connectivity index (χ2n) is 5.13. The zero-order valence-corrected chi connectivity index (χ0v) is 12.3. The van der Waals surface area contributed by atoms with Crippen molar-refractivity contribution in [1.29, 1.82) is 0 Å². The normalized spacial score (nSPS) is 18.3. The monoisotopic (exact) mass is 296 g/mol. The highest BCUT2D eigenvalue weighted by Gasteiger charge is 2.27. The molecule has 2 rings (SSSR count). The summed E-state index contributed by atoms with van der Waals surface area (Å²) in [5, 5.41) is 12.9. The number of aryl methyl sites for hydroxylation is 1. The summed E-state index contributed by atoms with van der Waals surface area (Å²) in [5.74, 6) is 0. The second-order valence-corrected chi connectivity index (χ2v) is 5.57. The molecule has 1 aliphatic heterocycles. The number of hydrogen-bond acceptors (Lipinski definition) is 2. The molecular formula is C15H21ClN2O2. The van der Waals surface area contributed by atoms with Gasteiger partial charge in [-0.05, 0) is 43.4 Å². The van der Waals surface area contributed by atoms with Crippen LogP contribution in [0.2, 0.25) is 5.02 Å². The summed E-state index contributed by atoms with van der Waals surface area (Å²) in [5.41, 5.74) is 1.22. The molecule has 0 spiro atoms. The smallest absolute Gasteiger partial charge is 0.317 e. The van der Waals surface area contributed by atoms with Gasteiger partial charge in [0.25, 0.3) is 0 Å². The van der Waals surface area contributed by atoms with Crippen LogP contribution in [0.4, 0.5) is 4.79 Å². The molecule has 0 aromatic heterocycles. The number of urea groups is 1. The summed E-state index contributed by atoms with van der Waals surface area (Å²) < 4.78 is 0. The lowest BCUT2D eigenvalue weighted by Crippen LogP contribution is -2.44. The van der Waals surface area contributed by atoms with Crippen LogP contribution in [-0.4, -0.2) is 41.8 Å². The van der Waals surface area contributed by atoms with Crippen molar-refractivity contribution in [2.24, 2.45) is 0 Å². The third kappa shape index (κ3) is 4.12. The molecule has 1 aromatic rings. The van der Waals surface area contributed by atoms with Crippen molar-refractivity contribution in [2.45, 2.75) is 31.7 Å². The molecule has 0 unspecified atom stereocenters. The molecule has 4 nitrogen and oxygen atoms in total. The van der Waals surface area contributed by atoms with Crippen LogP contribution in [0.3, 0.4) is 0 Å². The van der Waals surface area contributed by atoms with Crippen molar-refractivity contribution < 1.29 is 9.90 Å². The topological polar surface area (TPSA) is 52.6 Å². The van der Waals surface area contributed by atoms with Gasteiger partial charge in [-0.25, -0.2) is 4.79 Å². The van der Waals surface area contributed by atoms with E-state index in [-0.39, 0.29) is 18.7 Å². The van der Waals surface area contributed by atoms with Crippen molar-refractivity contribution in [3.8, 4) is 0 Å². The fraction of sp³-hybridized carbons (Fsp3) is 0.533. The van der Waals surface area contributed by atoms with Crippen LogP contribution < -0.4 is 5.32 Å². The number of hydrogen-bond donors (Lipinski definition) is 2. The Morgan fingerprint density at radius 3 is 2.85 bits per heavy atom. The number of aliphatic hydroxyl groups excluding tert-OH is 1. The number of amides is 2. The van der Waals surface area contributed by atoms with Gasteiger partial charge in [-0.3, -0.25) is 0 Å². The molecule has 2 amide bonds. The Morgan fingerprint density at radius 1 is 1.40 bits per heavy atom. The summed E-state index contributed by atoms with van der Waals surface area (Å²) in [6.07, 6.45) is 3.68. The van der Waals surface area contributed by atoms with Crippen molar-refractivity contribution in [1.82, 2.24) is 10.2 Å². The summed E-state index contributed by atoms with van der Waals surface area (Å²) >= 11 is 5.83. The third-order valence-corrected chi connectivity index (χ3v) is 3.93. The number of nitrogens with zero attached hydrogens (tertiary/aromatic N) is 1. The van der Waals surface area contributed by atoms with Crippen LogP contribution in [0.1, 0.15) is 24.8 Å². The maximum absolute atomic E-state index is 12.0. The predicted octanol–water partition coefficient (Wildman–Crippen LogP) is 2.44. The van der Waals surface area contributed by atoms with Gasteiger partial charge in [-0.1, -0.05) is 23.7 Å². The fourth-order valence-electron chi connectivity index (χ4n) is 2.53. The van der Waals surface area contributed by atoms with Crippen molar-refractivity contribution >= 4 is 17.6 Å². The number of rotatable bonds is 5. The lowest BCUT2D eigenvalue weighted by Gasteiger charge is -2.23. The quantitative estimate of drug-likeness (QED) is 0.820. The van der Waals surface area contributed by atoms with Crippen molar-refractivity contribution in [3.05, 3.63) is 34.9 Å². The van der Waals surface area contributed by atoms with Gasteiger partial charge in [-0.15, -0.1) is 0 Å². The summed E-state index contributed by atoms with van der Waals surface area (Å²) in [6.45, 7) is 1.45. The summed E-state index contributed by atoms with van der Waals surface area (Å²) in [7, 11) is 0. The van der Waals surface area contributed by atoms with Gasteiger partial charge >= 0.3 is 6.03 Å². The molecule has 1 atom stereocenters. The number of nitrogens with one attached hydrogen (secondary N) is 1. The Balaban J connectivity index is 1.68. The maximum atomic E-state index is 12.0. The molecule has 110 valence electrons. The highest BCUT2D eigenvalue weighted by molar-refractivity contribution is 6.30. The van der Waals surface area contributed by atoms with Gasteiger partial charge in [0, 0.05) is 18.1 Å². The fourth-order valence-corrected chi connectivity index (χ4v) is 2.66. The number of aliphatic hydroxyl groups is 1. The minimum atomic E-state index is -0.0577. The number of carbonyl (C=O) groups excluding carboxylic acids is 1. The van der Waals surface area contributed by atoms with E-state index in [0.717, 1.165) is 37.3 Å². The van der Waals surface area contributed by atoms with E-state index in [0.29, 0.717) is 6.54 Å². The minimum Gasteiger partial charge on any atom is -0.394 e. The molecule has 1 fully saturated rings. The zero-order chi connectivity index (χ0) is 14.4. The minimum absolute atomic E-state index is 0.00809. The molecule has 1 saturated heterocycles. The Bertz CT molecular complexity index is 436. The molecule has 1 heterocycles. The van der Waals surface area contributed by atoms with E-state index >= 15 is 0 Å². The number of likely N-dealkylation sites (tertiary alicyclic amines) is 1. The molecule has 1 aromatic carbocycles.